The lowest BCUT2D eigenvalue weighted by Crippen LogP contribution is -2.36. The van der Waals surface area contributed by atoms with Gasteiger partial charge in [0.15, 0.2) is 0 Å². The molecule has 1 rings (SSSR count). The van der Waals surface area contributed by atoms with Crippen molar-refractivity contribution in [2.75, 3.05) is 13.7 Å². The van der Waals surface area contributed by atoms with Gasteiger partial charge in [0.25, 0.3) is 0 Å². The van der Waals surface area contributed by atoms with E-state index in [0.29, 0.717) is 18.2 Å². The van der Waals surface area contributed by atoms with Crippen LogP contribution < -0.4 is 10.5 Å². The van der Waals surface area contributed by atoms with Crippen LogP contribution in [0.15, 0.2) is 29.2 Å². The van der Waals surface area contributed by atoms with Gasteiger partial charge in [0, 0.05) is 16.7 Å². The van der Waals surface area contributed by atoms with Crippen LogP contribution in [0.1, 0.15) is 20.3 Å². The third-order valence-electron chi connectivity index (χ3n) is 2.56. The summed E-state index contributed by atoms with van der Waals surface area (Å²) in [6.07, 6.45) is 0.681. The van der Waals surface area contributed by atoms with Crippen molar-refractivity contribution in [2.24, 2.45) is 5.73 Å². The molecule has 3 nitrogen and oxygen atoms in total. The molecule has 1 aromatic rings. The summed E-state index contributed by atoms with van der Waals surface area (Å²) in [6.45, 7) is 4.16. The Bertz CT molecular complexity index is 338. The van der Waals surface area contributed by atoms with Crippen molar-refractivity contribution in [3.05, 3.63) is 24.3 Å². The van der Waals surface area contributed by atoms with Gasteiger partial charge in [-0.2, -0.15) is 0 Å². The lowest BCUT2D eigenvalue weighted by atomic mass is 10.0. The van der Waals surface area contributed by atoms with E-state index >= 15 is 0 Å². The Morgan fingerprint density at radius 1 is 1.41 bits per heavy atom. The number of hydrogen-bond acceptors (Lipinski definition) is 4. The monoisotopic (exact) mass is 255 g/mol. The summed E-state index contributed by atoms with van der Waals surface area (Å²) in [5.74, 6) is 0.857. The molecule has 0 radical (unpaired) electrons. The van der Waals surface area contributed by atoms with Gasteiger partial charge in [0.2, 0.25) is 0 Å². The van der Waals surface area contributed by atoms with Crippen molar-refractivity contribution in [3.8, 4) is 5.75 Å². The quantitative estimate of drug-likeness (QED) is 0.766. The van der Waals surface area contributed by atoms with Crippen molar-refractivity contribution >= 4 is 11.8 Å². The molecule has 3 N–H and O–H groups in total. The fourth-order valence-electron chi connectivity index (χ4n) is 1.63. The lowest BCUT2D eigenvalue weighted by Gasteiger charge is -2.24. The van der Waals surface area contributed by atoms with Crippen molar-refractivity contribution in [1.82, 2.24) is 0 Å². The van der Waals surface area contributed by atoms with Crippen LogP contribution in [0.3, 0.4) is 0 Å². The first-order valence-electron chi connectivity index (χ1n) is 5.70. The van der Waals surface area contributed by atoms with E-state index in [2.05, 4.69) is 6.92 Å². The van der Waals surface area contributed by atoms with Crippen LogP contribution in [0.25, 0.3) is 0 Å². The van der Waals surface area contributed by atoms with Crippen LogP contribution in [0.4, 0.5) is 0 Å². The average Bonchev–Trinajstić information content (AvgIpc) is 2.29. The normalized spacial score (nSPS) is 16.3. The van der Waals surface area contributed by atoms with Gasteiger partial charge in [-0.15, -0.1) is 11.8 Å². The Hall–Kier alpha value is -0.710. The van der Waals surface area contributed by atoms with E-state index in [0.717, 1.165) is 5.75 Å². The Morgan fingerprint density at radius 3 is 2.47 bits per heavy atom. The third kappa shape index (κ3) is 4.98. The SMILES string of the molecule is COc1ccc(SC(C)CC(C)(O)CN)cc1. The van der Waals surface area contributed by atoms with Gasteiger partial charge in [-0.05, 0) is 37.6 Å². The van der Waals surface area contributed by atoms with Gasteiger partial charge < -0.3 is 15.6 Å². The summed E-state index contributed by atoms with van der Waals surface area (Å²) in [4.78, 5) is 1.17. The Kier molecular flexibility index (Phi) is 5.31. The van der Waals surface area contributed by atoms with Crippen molar-refractivity contribution in [2.45, 2.75) is 36.0 Å². The Morgan fingerprint density at radius 2 is 2.00 bits per heavy atom. The van der Waals surface area contributed by atoms with Crippen LogP contribution in [0.2, 0.25) is 0 Å². The second kappa shape index (κ2) is 6.28. The minimum atomic E-state index is -0.779. The van der Waals surface area contributed by atoms with Gasteiger partial charge >= 0.3 is 0 Å². The topological polar surface area (TPSA) is 55.5 Å². The molecule has 0 saturated carbocycles. The lowest BCUT2D eigenvalue weighted by molar-refractivity contribution is 0.0608. The molecular formula is C13H21NO2S. The molecule has 0 fully saturated rings. The minimum absolute atomic E-state index is 0.292. The summed E-state index contributed by atoms with van der Waals surface area (Å²) in [5, 5.41) is 10.2. The first-order chi connectivity index (χ1) is 7.96. The molecule has 17 heavy (non-hydrogen) atoms. The maximum absolute atomic E-state index is 9.90. The molecule has 2 unspecified atom stereocenters. The van der Waals surface area contributed by atoms with Gasteiger partial charge in [-0.25, -0.2) is 0 Å². The van der Waals surface area contributed by atoms with Crippen LogP contribution in [-0.4, -0.2) is 29.6 Å². The molecule has 0 amide bonds. The smallest absolute Gasteiger partial charge is 0.118 e. The highest BCUT2D eigenvalue weighted by Crippen LogP contribution is 2.29. The third-order valence-corrected chi connectivity index (χ3v) is 3.68. The largest absolute Gasteiger partial charge is 0.497 e. The zero-order valence-electron chi connectivity index (χ0n) is 10.6. The number of thioether (sulfide) groups is 1. The molecular weight excluding hydrogens is 234 g/mol. The van der Waals surface area contributed by atoms with Crippen LogP contribution in [-0.2, 0) is 0 Å². The number of nitrogens with two attached hydrogens (primary N) is 1. The van der Waals surface area contributed by atoms with E-state index in [1.807, 2.05) is 24.3 Å². The molecule has 0 aliphatic heterocycles. The zero-order valence-corrected chi connectivity index (χ0v) is 11.5. The standard InChI is InChI=1S/C13H21NO2S/c1-10(8-13(2,15)9-14)17-12-6-4-11(16-3)5-7-12/h4-7,10,15H,8-9,14H2,1-3H3. The molecule has 0 bridgehead atoms. The fourth-order valence-corrected chi connectivity index (χ4v) is 2.83. The summed E-state index contributed by atoms with van der Waals surface area (Å²) in [6, 6.07) is 7.93. The van der Waals surface area contributed by atoms with Crippen molar-refractivity contribution in [3.63, 3.8) is 0 Å². The summed E-state index contributed by atoms with van der Waals surface area (Å²) < 4.78 is 5.11. The highest BCUT2D eigenvalue weighted by molar-refractivity contribution is 7.99. The van der Waals surface area contributed by atoms with E-state index in [4.69, 9.17) is 10.5 Å². The predicted octanol–water partition coefficient (Wildman–Crippen LogP) is 2.28. The van der Waals surface area contributed by atoms with Crippen LogP contribution in [0.5, 0.6) is 5.75 Å². The highest BCUT2D eigenvalue weighted by Gasteiger charge is 2.21. The Labute approximate surface area is 107 Å². The molecule has 4 heteroatoms. The molecule has 1 aromatic carbocycles. The fraction of sp³-hybridized carbons (Fsp3) is 0.538. The number of rotatable bonds is 6. The second-order valence-corrected chi connectivity index (χ2v) is 6.02. The molecule has 2 atom stereocenters. The molecule has 0 spiro atoms. The number of methoxy groups -OCH3 is 1. The first-order valence-corrected chi connectivity index (χ1v) is 6.58. The summed E-state index contributed by atoms with van der Waals surface area (Å²) >= 11 is 1.73. The van der Waals surface area contributed by atoms with E-state index in [-0.39, 0.29) is 0 Å². The number of ether oxygens (including phenoxy) is 1. The van der Waals surface area contributed by atoms with Gasteiger partial charge in [0.05, 0.1) is 12.7 Å². The average molecular weight is 255 g/mol. The van der Waals surface area contributed by atoms with E-state index in [1.165, 1.54) is 4.90 Å². The molecule has 0 aliphatic carbocycles. The maximum Gasteiger partial charge on any atom is 0.118 e. The maximum atomic E-state index is 9.90. The van der Waals surface area contributed by atoms with Crippen LogP contribution >= 0.6 is 11.8 Å². The number of benzene rings is 1. The van der Waals surface area contributed by atoms with Gasteiger partial charge in [-0.1, -0.05) is 6.92 Å². The summed E-state index contributed by atoms with van der Waals surface area (Å²) in [7, 11) is 1.66. The summed E-state index contributed by atoms with van der Waals surface area (Å²) in [5.41, 5.74) is 4.73. The molecule has 96 valence electrons. The van der Waals surface area contributed by atoms with Gasteiger partial charge in [0.1, 0.15) is 5.75 Å². The molecule has 0 aliphatic rings. The second-order valence-electron chi connectivity index (χ2n) is 4.51. The predicted molar refractivity (Wildman–Crippen MR) is 72.6 cm³/mol. The molecule has 0 aromatic heterocycles. The van der Waals surface area contributed by atoms with E-state index in [1.54, 1.807) is 25.8 Å². The van der Waals surface area contributed by atoms with E-state index in [9.17, 15) is 5.11 Å². The minimum Gasteiger partial charge on any atom is -0.497 e. The molecule has 0 saturated heterocycles. The van der Waals surface area contributed by atoms with E-state index < -0.39 is 5.60 Å². The first kappa shape index (κ1) is 14.4. The number of aliphatic hydroxyl groups is 1. The van der Waals surface area contributed by atoms with Crippen molar-refractivity contribution in [1.29, 1.82) is 0 Å². The van der Waals surface area contributed by atoms with Gasteiger partial charge in [-0.3, -0.25) is 0 Å². The van der Waals surface area contributed by atoms with Crippen molar-refractivity contribution < 1.29 is 9.84 Å². The zero-order chi connectivity index (χ0) is 12.9. The van der Waals surface area contributed by atoms with Crippen LogP contribution in [0, 0.1) is 0 Å². The number of hydrogen-bond donors (Lipinski definition) is 2. The Balaban J connectivity index is 2.52. The highest BCUT2D eigenvalue weighted by atomic mass is 32.2. The molecule has 0 heterocycles.